The van der Waals surface area contributed by atoms with Gasteiger partial charge in [0.05, 0.1) is 12.8 Å². The first-order valence-electron chi connectivity index (χ1n) is 6.41. The number of nitrogens with zero attached hydrogens (tertiary/aromatic N) is 1. The first kappa shape index (κ1) is 17.4. The van der Waals surface area contributed by atoms with Gasteiger partial charge in [0.15, 0.2) is 0 Å². The molecule has 1 amide bonds. The molecule has 0 spiro atoms. The first-order valence-corrected chi connectivity index (χ1v) is 8.26. The molecular weight excluding hydrogens is 252 g/mol. The van der Waals surface area contributed by atoms with Crippen molar-refractivity contribution in [2.75, 3.05) is 19.3 Å². The summed E-state index contributed by atoms with van der Waals surface area (Å²) in [6, 6.07) is 0.0732. The fourth-order valence-electron chi connectivity index (χ4n) is 1.35. The molecule has 0 bridgehead atoms. The van der Waals surface area contributed by atoms with Crippen LogP contribution < -0.4 is 5.32 Å². The standard InChI is InChI=1S/C12H26N2O3S/c1-6-11(4)13-12(15)9-14(18(5,16)17)8-7-10(2)3/h10-11H,6-9H2,1-5H3,(H,13,15). The zero-order chi connectivity index (χ0) is 14.3. The molecule has 5 nitrogen and oxygen atoms in total. The molecule has 1 unspecified atom stereocenters. The summed E-state index contributed by atoms with van der Waals surface area (Å²) in [7, 11) is -3.33. The van der Waals surface area contributed by atoms with E-state index in [9.17, 15) is 13.2 Å². The monoisotopic (exact) mass is 278 g/mol. The van der Waals surface area contributed by atoms with Gasteiger partial charge in [0.1, 0.15) is 0 Å². The maximum Gasteiger partial charge on any atom is 0.235 e. The highest BCUT2D eigenvalue weighted by atomic mass is 32.2. The third-order valence-corrected chi connectivity index (χ3v) is 4.01. The molecule has 1 N–H and O–H groups in total. The molecule has 1 atom stereocenters. The third-order valence-electron chi connectivity index (χ3n) is 2.76. The van der Waals surface area contributed by atoms with Crippen LogP contribution in [0.25, 0.3) is 0 Å². The van der Waals surface area contributed by atoms with E-state index >= 15 is 0 Å². The average molecular weight is 278 g/mol. The molecule has 0 saturated heterocycles. The summed E-state index contributed by atoms with van der Waals surface area (Å²) in [5, 5.41) is 2.77. The van der Waals surface area contributed by atoms with E-state index in [0.29, 0.717) is 12.5 Å². The Balaban J connectivity index is 4.46. The van der Waals surface area contributed by atoms with Gasteiger partial charge in [0.2, 0.25) is 15.9 Å². The highest BCUT2D eigenvalue weighted by Crippen LogP contribution is 2.05. The van der Waals surface area contributed by atoms with Crippen LogP contribution in [0.4, 0.5) is 0 Å². The summed E-state index contributed by atoms with van der Waals surface area (Å²) >= 11 is 0. The molecule has 0 aliphatic rings. The number of nitrogens with one attached hydrogen (secondary N) is 1. The zero-order valence-corrected chi connectivity index (χ0v) is 12.9. The van der Waals surface area contributed by atoms with Gasteiger partial charge in [-0.05, 0) is 25.7 Å². The van der Waals surface area contributed by atoms with Gasteiger partial charge in [-0.15, -0.1) is 0 Å². The van der Waals surface area contributed by atoms with E-state index in [0.717, 1.165) is 19.1 Å². The molecule has 0 saturated carbocycles. The van der Waals surface area contributed by atoms with E-state index < -0.39 is 10.0 Å². The summed E-state index contributed by atoms with van der Waals surface area (Å²) < 4.78 is 24.4. The minimum absolute atomic E-state index is 0.0732. The average Bonchev–Trinajstić information content (AvgIpc) is 2.21. The second-order valence-electron chi connectivity index (χ2n) is 5.16. The molecule has 0 aromatic rings. The van der Waals surface area contributed by atoms with Crippen LogP contribution in [0.15, 0.2) is 0 Å². The van der Waals surface area contributed by atoms with Gasteiger partial charge in [0.25, 0.3) is 0 Å². The summed E-state index contributed by atoms with van der Waals surface area (Å²) in [5.74, 6) is 0.172. The first-order chi connectivity index (χ1) is 8.16. The smallest absolute Gasteiger partial charge is 0.235 e. The van der Waals surface area contributed by atoms with Crippen LogP contribution in [-0.2, 0) is 14.8 Å². The Bertz CT molecular complexity index is 352. The molecule has 0 heterocycles. The number of amides is 1. The van der Waals surface area contributed by atoms with E-state index in [4.69, 9.17) is 0 Å². The lowest BCUT2D eigenvalue weighted by Gasteiger charge is -2.21. The lowest BCUT2D eigenvalue weighted by Crippen LogP contribution is -2.43. The second kappa shape index (κ2) is 7.74. The van der Waals surface area contributed by atoms with Gasteiger partial charge >= 0.3 is 0 Å². The van der Waals surface area contributed by atoms with Crippen LogP contribution in [0.5, 0.6) is 0 Å². The molecular formula is C12H26N2O3S. The summed E-state index contributed by atoms with van der Waals surface area (Å²) in [5.41, 5.74) is 0. The Kier molecular flexibility index (Phi) is 7.47. The molecule has 0 aromatic heterocycles. The fraction of sp³-hybridized carbons (Fsp3) is 0.917. The quantitative estimate of drug-likeness (QED) is 0.725. The van der Waals surface area contributed by atoms with Gasteiger partial charge in [-0.3, -0.25) is 4.79 Å². The minimum atomic E-state index is -3.33. The molecule has 0 radical (unpaired) electrons. The van der Waals surface area contributed by atoms with Crippen LogP contribution in [0.1, 0.15) is 40.5 Å². The number of carbonyl (C=O) groups is 1. The number of carbonyl (C=O) groups excluding carboxylic acids is 1. The molecule has 0 aromatic carbocycles. The van der Waals surface area contributed by atoms with Crippen LogP contribution in [0.3, 0.4) is 0 Å². The Labute approximate surface area is 111 Å². The largest absolute Gasteiger partial charge is 0.353 e. The van der Waals surface area contributed by atoms with E-state index in [1.54, 1.807) is 0 Å². The van der Waals surface area contributed by atoms with Crippen molar-refractivity contribution in [1.82, 2.24) is 9.62 Å². The number of hydrogen-bond donors (Lipinski definition) is 1. The topological polar surface area (TPSA) is 66.5 Å². The fourth-order valence-corrected chi connectivity index (χ4v) is 2.14. The van der Waals surface area contributed by atoms with Crippen LogP contribution in [0.2, 0.25) is 0 Å². The molecule has 6 heteroatoms. The SMILES string of the molecule is CCC(C)NC(=O)CN(CCC(C)C)S(C)(=O)=O. The van der Waals surface area contributed by atoms with E-state index in [1.807, 2.05) is 27.7 Å². The predicted octanol–water partition coefficient (Wildman–Crippen LogP) is 1.21. The van der Waals surface area contributed by atoms with Crippen LogP contribution in [0, 0.1) is 5.92 Å². The molecule has 0 rings (SSSR count). The van der Waals surface area contributed by atoms with Crippen molar-refractivity contribution in [1.29, 1.82) is 0 Å². The van der Waals surface area contributed by atoms with Crippen LogP contribution >= 0.6 is 0 Å². The number of hydrogen-bond acceptors (Lipinski definition) is 3. The number of sulfonamides is 1. The Morgan fingerprint density at radius 1 is 1.28 bits per heavy atom. The summed E-state index contributed by atoms with van der Waals surface area (Å²) in [6.45, 7) is 8.23. The van der Waals surface area contributed by atoms with E-state index in [2.05, 4.69) is 5.32 Å². The predicted molar refractivity (Wildman–Crippen MR) is 73.8 cm³/mol. The number of rotatable bonds is 8. The Morgan fingerprint density at radius 3 is 2.22 bits per heavy atom. The van der Waals surface area contributed by atoms with E-state index in [1.165, 1.54) is 4.31 Å². The molecule has 0 aliphatic carbocycles. The molecule has 108 valence electrons. The van der Waals surface area contributed by atoms with Crippen LogP contribution in [-0.4, -0.2) is 44.0 Å². The van der Waals surface area contributed by atoms with Crippen molar-refractivity contribution in [2.45, 2.75) is 46.6 Å². The maximum atomic E-state index is 11.7. The lowest BCUT2D eigenvalue weighted by atomic mass is 10.1. The van der Waals surface area contributed by atoms with Crippen molar-refractivity contribution in [3.05, 3.63) is 0 Å². The summed E-state index contributed by atoms with van der Waals surface area (Å²) in [4.78, 5) is 11.7. The van der Waals surface area contributed by atoms with Gasteiger partial charge in [-0.2, -0.15) is 4.31 Å². The molecule has 18 heavy (non-hydrogen) atoms. The summed E-state index contributed by atoms with van der Waals surface area (Å²) in [6.07, 6.45) is 2.73. The van der Waals surface area contributed by atoms with Gasteiger partial charge in [-0.25, -0.2) is 8.42 Å². The molecule has 0 fully saturated rings. The van der Waals surface area contributed by atoms with E-state index in [-0.39, 0.29) is 18.5 Å². The molecule has 0 aliphatic heterocycles. The zero-order valence-electron chi connectivity index (χ0n) is 12.1. The van der Waals surface area contributed by atoms with Crippen molar-refractivity contribution in [3.63, 3.8) is 0 Å². The maximum absolute atomic E-state index is 11.7. The van der Waals surface area contributed by atoms with Gasteiger partial charge in [0, 0.05) is 12.6 Å². The van der Waals surface area contributed by atoms with Crippen molar-refractivity contribution in [3.8, 4) is 0 Å². The van der Waals surface area contributed by atoms with Gasteiger partial charge in [-0.1, -0.05) is 20.8 Å². The third kappa shape index (κ3) is 7.66. The Hall–Kier alpha value is -0.620. The van der Waals surface area contributed by atoms with Crippen molar-refractivity contribution < 1.29 is 13.2 Å². The normalized spacial score (nSPS) is 13.9. The lowest BCUT2D eigenvalue weighted by molar-refractivity contribution is -0.121. The Morgan fingerprint density at radius 2 is 1.83 bits per heavy atom. The van der Waals surface area contributed by atoms with Gasteiger partial charge < -0.3 is 5.32 Å². The van der Waals surface area contributed by atoms with Crippen molar-refractivity contribution in [2.24, 2.45) is 5.92 Å². The minimum Gasteiger partial charge on any atom is -0.353 e. The highest BCUT2D eigenvalue weighted by molar-refractivity contribution is 7.88. The second-order valence-corrected chi connectivity index (χ2v) is 7.14. The highest BCUT2D eigenvalue weighted by Gasteiger charge is 2.20. The van der Waals surface area contributed by atoms with Crippen molar-refractivity contribution >= 4 is 15.9 Å².